The van der Waals surface area contributed by atoms with Gasteiger partial charge in [0.05, 0.1) is 7.11 Å². The van der Waals surface area contributed by atoms with E-state index in [0.717, 1.165) is 34.8 Å². The zero-order valence-electron chi connectivity index (χ0n) is 17.6. The van der Waals surface area contributed by atoms with Gasteiger partial charge in [-0.3, -0.25) is 0 Å². The monoisotopic (exact) mass is 409 g/mol. The molecule has 0 atom stereocenters. The van der Waals surface area contributed by atoms with Crippen molar-refractivity contribution in [1.82, 2.24) is 4.90 Å². The number of thiophene rings is 1. The number of hydrogen-bond acceptors (Lipinski definition) is 4. The van der Waals surface area contributed by atoms with E-state index in [0.29, 0.717) is 5.92 Å². The van der Waals surface area contributed by atoms with Crippen molar-refractivity contribution in [2.75, 3.05) is 27.2 Å². The Bertz CT molecular complexity index is 875. The second-order valence-corrected chi connectivity index (χ2v) is 9.44. The predicted molar refractivity (Wildman–Crippen MR) is 121 cm³/mol. The lowest BCUT2D eigenvalue weighted by molar-refractivity contribution is 0.0606. The molecule has 29 heavy (non-hydrogen) atoms. The smallest absolute Gasteiger partial charge is 0.348 e. The van der Waals surface area contributed by atoms with Gasteiger partial charge in [-0.2, -0.15) is 0 Å². The SMILES string of the molecule is COC(=O)c1sc(-c2ccccc2)cc1C1=C(C2CCCCCC2)CN(C)CC1. The lowest BCUT2D eigenvalue weighted by Gasteiger charge is -2.32. The van der Waals surface area contributed by atoms with Gasteiger partial charge in [-0.1, -0.05) is 56.0 Å². The third-order valence-electron chi connectivity index (χ3n) is 6.41. The molecular weight excluding hydrogens is 378 g/mol. The van der Waals surface area contributed by atoms with Crippen LogP contribution < -0.4 is 0 Å². The molecule has 4 rings (SSSR count). The second kappa shape index (κ2) is 9.27. The fourth-order valence-electron chi connectivity index (χ4n) is 4.84. The van der Waals surface area contributed by atoms with Crippen LogP contribution in [0.1, 0.15) is 60.2 Å². The van der Waals surface area contributed by atoms with Crippen molar-refractivity contribution in [2.45, 2.75) is 44.9 Å². The van der Waals surface area contributed by atoms with Crippen LogP contribution in [0.3, 0.4) is 0 Å². The van der Waals surface area contributed by atoms with Crippen molar-refractivity contribution in [3.8, 4) is 10.4 Å². The minimum absolute atomic E-state index is 0.209. The molecular formula is C25H31NO2S. The minimum atomic E-state index is -0.209. The standard InChI is InChI=1S/C25H31NO2S/c1-26-15-14-20(22(17-26)18-10-6-3-4-7-11-18)21-16-23(19-12-8-5-9-13-19)29-24(21)25(27)28-2/h5,8-9,12-13,16,18H,3-4,6-7,10-11,14-15,17H2,1-2H3. The Kier molecular flexibility index (Phi) is 6.51. The topological polar surface area (TPSA) is 29.5 Å². The molecule has 1 aliphatic carbocycles. The van der Waals surface area contributed by atoms with Crippen molar-refractivity contribution < 1.29 is 9.53 Å². The fourth-order valence-corrected chi connectivity index (χ4v) is 5.95. The van der Waals surface area contributed by atoms with Gasteiger partial charge in [0, 0.05) is 23.5 Å². The molecule has 0 radical (unpaired) electrons. The summed E-state index contributed by atoms with van der Waals surface area (Å²) < 4.78 is 5.18. The van der Waals surface area contributed by atoms with E-state index < -0.39 is 0 Å². The molecule has 0 spiro atoms. The first-order valence-electron chi connectivity index (χ1n) is 10.9. The highest BCUT2D eigenvalue weighted by Crippen LogP contribution is 2.42. The molecule has 0 saturated heterocycles. The molecule has 0 N–H and O–H groups in total. The van der Waals surface area contributed by atoms with E-state index in [1.165, 1.54) is 56.8 Å². The maximum atomic E-state index is 12.7. The molecule has 4 heteroatoms. The summed E-state index contributed by atoms with van der Waals surface area (Å²) in [5.74, 6) is 0.444. The highest BCUT2D eigenvalue weighted by molar-refractivity contribution is 7.17. The van der Waals surface area contributed by atoms with Crippen molar-refractivity contribution in [2.24, 2.45) is 5.92 Å². The number of ether oxygens (including phenoxy) is 1. The summed E-state index contributed by atoms with van der Waals surface area (Å²) in [5, 5.41) is 0. The van der Waals surface area contributed by atoms with E-state index in [1.54, 1.807) is 16.9 Å². The van der Waals surface area contributed by atoms with Crippen LogP contribution in [-0.4, -0.2) is 38.1 Å². The largest absolute Gasteiger partial charge is 0.465 e. The van der Waals surface area contributed by atoms with Crippen molar-refractivity contribution >= 4 is 22.9 Å². The van der Waals surface area contributed by atoms with Crippen LogP contribution in [0.25, 0.3) is 16.0 Å². The molecule has 2 aromatic rings. The van der Waals surface area contributed by atoms with Gasteiger partial charge in [-0.15, -0.1) is 11.3 Å². The van der Waals surface area contributed by atoms with Crippen LogP contribution in [-0.2, 0) is 4.74 Å². The van der Waals surface area contributed by atoms with Crippen molar-refractivity contribution in [3.05, 3.63) is 52.4 Å². The van der Waals surface area contributed by atoms with E-state index >= 15 is 0 Å². The highest BCUT2D eigenvalue weighted by atomic mass is 32.1. The average Bonchev–Trinajstić information content (AvgIpc) is 3.01. The van der Waals surface area contributed by atoms with Crippen LogP contribution in [0.2, 0.25) is 0 Å². The predicted octanol–water partition coefficient (Wildman–Crippen LogP) is 6.26. The lowest BCUT2D eigenvalue weighted by atomic mass is 9.82. The molecule has 0 bridgehead atoms. The Morgan fingerprint density at radius 3 is 2.52 bits per heavy atom. The number of hydrogen-bond donors (Lipinski definition) is 0. The number of carbonyl (C=O) groups is 1. The Balaban J connectivity index is 1.82. The van der Waals surface area contributed by atoms with E-state index in [9.17, 15) is 4.79 Å². The summed E-state index contributed by atoms with van der Waals surface area (Å²) in [5.41, 5.74) is 5.27. The number of rotatable bonds is 4. The summed E-state index contributed by atoms with van der Waals surface area (Å²) in [7, 11) is 3.71. The third kappa shape index (κ3) is 4.49. The van der Waals surface area contributed by atoms with Crippen LogP contribution in [0, 0.1) is 5.92 Å². The van der Waals surface area contributed by atoms with Gasteiger partial charge in [-0.05, 0) is 55.0 Å². The van der Waals surface area contributed by atoms with Crippen LogP contribution in [0.5, 0.6) is 0 Å². The van der Waals surface area contributed by atoms with Gasteiger partial charge < -0.3 is 9.64 Å². The first kappa shape index (κ1) is 20.4. The average molecular weight is 410 g/mol. The molecule has 1 fully saturated rings. The third-order valence-corrected chi connectivity index (χ3v) is 7.57. The van der Waals surface area contributed by atoms with Gasteiger partial charge in [0.2, 0.25) is 0 Å². The zero-order valence-corrected chi connectivity index (χ0v) is 18.4. The summed E-state index contributed by atoms with van der Waals surface area (Å²) in [6, 6.07) is 12.6. The summed E-state index contributed by atoms with van der Waals surface area (Å²) >= 11 is 1.57. The van der Waals surface area contributed by atoms with Crippen molar-refractivity contribution in [3.63, 3.8) is 0 Å². The van der Waals surface area contributed by atoms with E-state index in [2.05, 4.69) is 42.3 Å². The molecule has 1 aromatic heterocycles. The Morgan fingerprint density at radius 2 is 1.83 bits per heavy atom. The first-order valence-corrected chi connectivity index (χ1v) is 11.7. The Morgan fingerprint density at radius 1 is 1.10 bits per heavy atom. The number of methoxy groups -OCH3 is 1. The zero-order chi connectivity index (χ0) is 20.2. The van der Waals surface area contributed by atoms with Gasteiger partial charge >= 0.3 is 5.97 Å². The number of esters is 1. The molecule has 1 saturated carbocycles. The van der Waals surface area contributed by atoms with Crippen LogP contribution in [0.4, 0.5) is 0 Å². The molecule has 2 heterocycles. The maximum absolute atomic E-state index is 12.7. The normalized spacial score (nSPS) is 19.2. The number of carbonyl (C=O) groups excluding carboxylic acids is 1. The molecule has 1 aromatic carbocycles. The second-order valence-electron chi connectivity index (χ2n) is 8.39. The Hall–Kier alpha value is -1.91. The number of nitrogens with zero attached hydrogens (tertiary/aromatic N) is 1. The fraction of sp³-hybridized carbons (Fsp3) is 0.480. The molecule has 0 unspecified atom stereocenters. The number of benzene rings is 1. The number of likely N-dealkylation sites (N-methyl/N-ethyl adjacent to an activating group) is 1. The van der Waals surface area contributed by atoms with Gasteiger partial charge in [-0.25, -0.2) is 4.79 Å². The minimum Gasteiger partial charge on any atom is -0.465 e. The van der Waals surface area contributed by atoms with E-state index in [1.807, 2.05) is 6.07 Å². The summed E-state index contributed by atoms with van der Waals surface area (Å²) in [4.78, 5) is 17.0. The highest BCUT2D eigenvalue weighted by Gasteiger charge is 2.29. The molecule has 3 nitrogen and oxygen atoms in total. The summed E-state index contributed by atoms with van der Waals surface area (Å²) in [6.07, 6.45) is 8.96. The molecule has 2 aliphatic rings. The van der Waals surface area contributed by atoms with Crippen LogP contribution in [0.15, 0.2) is 42.0 Å². The Labute approximate surface area is 178 Å². The maximum Gasteiger partial charge on any atom is 0.348 e. The van der Waals surface area contributed by atoms with E-state index in [-0.39, 0.29) is 5.97 Å². The molecule has 154 valence electrons. The first-order chi connectivity index (χ1) is 14.2. The van der Waals surface area contributed by atoms with E-state index in [4.69, 9.17) is 4.74 Å². The van der Waals surface area contributed by atoms with Crippen LogP contribution >= 0.6 is 11.3 Å². The van der Waals surface area contributed by atoms with Gasteiger partial charge in [0.1, 0.15) is 4.88 Å². The van der Waals surface area contributed by atoms with Gasteiger partial charge in [0.15, 0.2) is 0 Å². The molecule has 0 amide bonds. The quantitative estimate of drug-likeness (QED) is 0.441. The van der Waals surface area contributed by atoms with Crippen molar-refractivity contribution in [1.29, 1.82) is 0 Å². The lowest BCUT2D eigenvalue weighted by Crippen LogP contribution is -2.30. The summed E-state index contributed by atoms with van der Waals surface area (Å²) in [6.45, 7) is 2.07. The molecule has 1 aliphatic heterocycles. The van der Waals surface area contributed by atoms with Gasteiger partial charge in [0.25, 0.3) is 0 Å².